The Morgan fingerprint density at radius 1 is 0.827 bits per heavy atom. The maximum atomic E-state index is 13.5. The van der Waals surface area contributed by atoms with Crippen LogP contribution in [0.4, 0.5) is 9.59 Å². The van der Waals surface area contributed by atoms with Gasteiger partial charge < -0.3 is 28.4 Å². The number of amides is 1. The summed E-state index contributed by atoms with van der Waals surface area (Å²) >= 11 is 0. The van der Waals surface area contributed by atoms with Crippen molar-refractivity contribution >= 4 is 29.7 Å². The van der Waals surface area contributed by atoms with Crippen LogP contribution >= 0.6 is 7.37 Å². The Balaban J connectivity index is 2.16. The van der Waals surface area contributed by atoms with Gasteiger partial charge in [-0.25, -0.2) is 9.59 Å². The molecule has 0 aliphatic heterocycles. The second-order valence-corrected chi connectivity index (χ2v) is 19.5. The molecule has 1 unspecified atom stereocenters. The SMILES string of the molecule is CC(C)(C)OC(=O)OC(CN(CCCCCCOCCCCc1ccccc1)C(=O)OC(C)(C)C)c1ccc(OP(C)(C)=O)c(COS(C)(=O)=O)c1. The quantitative estimate of drug-likeness (QED) is 0.0520. The predicted octanol–water partition coefficient (Wildman–Crippen LogP) is 8.91. The molecule has 12 nitrogen and oxygen atoms in total. The Morgan fingerprint density at radius 3 is 2.04 bits per heavy atom. The molecule has 14 heteroatoms. The highest BCUT2D eigenvalue weighted by Gasteiger charge is 2.30. The lowest BCUT2D eigenvalue weighted by atomic mass is 10.0. The third-order valence-corrected chi connectivity index (χ3v) is 8.36. The molecule has 0 spiro atoms. The number of aryl methyl sites for hydroxylation is 1. The van der Waals surface area contributed by atoms with Crippen molar-refractivity contribution < 1.29 is 50.2 Å². The second-order valence-electron chi connectivity index (χ2n) is 15.1. The van der Waals surface area contributed by atoms with Crippen molar-refractivity contribution in [1.29, 1.82) is 0 Å². The molecule has 1 atom stereocenters. The standard InChI is InChI=1S/C38H60NO11PS/c1-37(2,3)48-35(40)39(24-16-10-11-17-25-45-26-18-15-21-30-19-13-12-14-20-30)28-34(47-36(41)49-38(4,5)6)31-22-23-33(50-51(7,8)42)32(27-31)29-46-52(9,43)44/h12-14,19-20,22-23,27,34H,10-11,15-18,21,24-26,28-29H2,1-9H3. The van der Waals surface area contributed by atoms with Crippen molar-refractivity contribution in [2.24, 2.45) is 0 Å². The first kappa shape index (κ1) is 45.0. The number of rotatable bonds is 21. The minimum absolute atomic E-state index is 0.0904. The van der Waals surface area contributed by atoms with Gasteiger partial charge in [0.1, 0.15) is 23.1 Å². The number of hydrogen-bond acceptors (Lipinski definition) is 11. The topological polar surface area (TPSA) is 144 Å². The molecule has 0 aliphatic carbocycles. The zero-order valence-electron chi connectivity index (χ0n) is 32.5. The lowest BCUT2D eigenvalue weighted by Crippen LogP contribution is -2.40. The van der Waals surface area contributed by atoms with E-state index in [-0.39, 0.29) is 17.9 Å². The fraction of sp³-hybridized carbons (Fsp3) is 0.632. The molecular weight excluding hydrogens is 709 g/mol. The Hall–Kier alpha value is -3.12. The van der Waals surface area contributed by atoms with E-state index in [1.165, 1.54) is 29.9 Å². The molecule has 0 bridgehead atoms. The molecule has 0 fully saturated rings. The summed E-state index contributed by atoms with van der Waals surface area (Å²) in [5.41, 5.74) is 0.365. The first-order valence-electron chi connectivity index (χ1n) is 17.8. The minimum Gasteiger partial charge on any atom is -0.444 e. The average Bonchev–Trinajstić information content (AvgIpc) is 2.99. The van der Waals surface area contributed by atoms with E-state index >= 15 is 0 Å². The number of carbonyl (C=O) groups excluding carboxylic acids is 2. The van der Waals surface area contributed by atoms with Crippen LogP contribution in [0, 0.1) is 0 Å². The fourth-order valence-electron chi connectivity index (χ4n) is 4.93. The Bertz CT molecular complexity index is 1550. The first-order chi connectivity index (χ1) is 24.1. The van der Waals surface area contributed by atoms with Crippen LogP contribution < -0.4 is 4.52 Å². The first-order valence-corrected chi connectivity index (χ1v) is 22.1. The average molecular weight is 770 g/mol. The molecule has 0 aromatic heterocycles. The van der Waals surface area contributed by atoms with Gasteiger partial charge in [-0.1, -0.05) is 49.2 Å². The van der Waals surface area contributed by atoms with Crippen molar-refractivity contribution in [2.75, 3.05) is 45.9 Å². The van der Waals surface area contributed by atoms with Gasteiger partial charge in [0, 0.05) is 38.7 Å². The van der Waals surface area contributed by atoms with Crippen molar-refractivity contribution in [1.82, 2.24) is 4.90 Å². The molecule has 0 saturated heterocycles. The molecule has 52 heavy (non-hydrogen) atoms. The summed E-state index contributed by atoms with van der Waals surface area (Å²) in [6.07, 6.45) is 4.75. The molecule has 0 aliphatic rings. The van der Waals surface area contributed by atoms with E-state index in [9.17, 15) is 22.6 Å². The normalized spacial score (nSPS) is 12.9. The summed E-state index contributed by atoms with van der Waals surface area (Å²) in [4.78, 5) is 28.0. The van der Waals surface area contributed by atoms with Crippen molar-refractivity contribution in [3.05, 3.63) is 65.2 Å². The second kappa shape index (κ2) is 20.9. The monoisotopic (exact) mass is 769 g/mol. The van der Waals surface area contributed by atoms with E-state index in [0.29, 0.717) is 25.1 Å². The van der Waals surface area contributed by atoms with Gasteiger partial charge in [0.25, 0.3) is 10.1 Å². The number of benzene rings is 2. The third-order valence-electron chi connectivity index (χ3n) is 7.18. The molecule has 0 radical (unpaired) electrons. The molecule has 0 N–H and O–H groups in total. The van der Waals surface area contributed by atoms with Crippen LogP contribution in [0.25, 0.3) is 0 Å². The van der Waals surface area contributed by atoms with Crippen LogP contribution in [-0.2, 0) is 50.8 Å². The summed E-state index contributed by atoms with van der Waals surface area (Å²) in [5, 5.41) is 0. The highest BCUT2D eigenvalue weighted by Crippen LogP contribution is 2.41. The lowest BCUT2D eigenvalue weighted by molar-refractivity contribution is -0.0377. The summed E-state index contributed by atoms with van der Waals surface area (Å²) in [7, 11) is -6.89. The highest BCUT2D eigenvalue weighted by molar-refractivity contribution is 7.85. The maximum Gasteiger partial charge on any atom is 0.509 e. The van der Waals surface area contributed by atoms with Crippen LogP contribution in [0.1, 0.15) is 103 Å². The Labute approximate surface area is 311 Å². The van der Waals surface area contributed by atoms with Crippen molar-refractivity contribution in [3.63, 3.8) is 0 Å². The van der Waals surface area contributed by atoms with Crippen molar-refractivity contribution in [3.8, 4) is 5.75 Å². The van der Waals surface area contributed by atoms with Gasteiger partial charge in [0.05, 0.1) is 19.4 Å². The van der Waals surface area contributed by atoms with Gasteiger partial charge >= 0.3 is 12.2 Å². The fourth-order valence-corrected chi connectivity index (χ4v) is 5.93. The molecule has 0 saturated carbocycles. The van der Waals surface area contributed by atoms with E-state index in [4.69, 9.17) is 27.7 Å². The zero-order chi connectivity index (χ0) is 39.0. The van der Waals surface area contributed by atoms with Gasteiger partial charge in [0.2, 0.25) is 7.37 Å². The predicted molar refractivity (Wildman–Crippen MR) is 203 cm³/mol. The van der Waals surface area contributed by atoms with Crippen LogP contribution in [0.5, 0.6) is 5.75 Å². The molecule has 2 aromatic rings. The van der Waals surface area contributed by atoms with Crippen LogP contribution in [0.3, 0.4) is 0 Å². The van der Waals surface area contributed by atoms with Crippen LogP contribution in [0.15, 0.2) is 48.5 Å². The molecule has 294 valence electrons. The summed E-state index contributed by atoms with van der Waals surface area (Å²) < 4.78 is 69.7. The number of unbranched alkanes of at least 4 members (excludes halogenated alkanes) is 4. The summed E-state index contributed by atoms with van der Waals surface area (Å²) in [5.74, 6) is 0.150. The van der Waals surface area contributed by atoms with Crippen molar-refractivity contribution in [2.45, 2.75) is 110 Å². The Morgan fingerprint density at radius 2 is 1.44 bits per heavy atom. The van der Waals surface area contributed by atoms with E-state index < -0.39 is 53.6 Å². The van der Waals surface area contributed by atoms with E-state index in [0.717, 1.165) is 51.4 Å². The number of nitrogens with zero attached hydrogens (tertiary/aromatic N) is 1. The lowest BCUT2D eigenvalue weighted by Gasteiger charge is -2.31. The Kier molecular flexibility index (Phi) is 18.1. The molecule has 2 aromatic carbocycles. The van der Waals surface area contributed by atoms with Crippen LogP contribution in [-0.4, -0.2) is 82.7 Å². The summed E-state index contributed by atoms with van der Waals surface area (Å²) in [6, 6.07) is 15.1. The number of ether oxygens (including phenoxy) is 4. The highest BCUT2D eigenvalue weighted by atomic mass is 32.2. The van der Waals surface area contributed by atoms with Gasteiger partial charge in [-0.05, 0) is 96.9 Å². The molecule has 1 amide bonds. The third kappa shape index (κ3) is 20.8. The molecule has 2 rings (SSSR count). The van der Waals surface area contributed by atoms with E-state index in [2.05, 4.69) is 24.3 Å². The zero-order valence-corrected chi connectivity index (χ0v) is 34.2. The van der Waals surface area contributed by atoms with E-state index in [1.54, 1.807) is 53.7 Å². The number of hydrogen-bond donors (Lipinski definition) is 0. The van der Waals surface area contributed by atoms with Gasteiger partial charge in [-0.15, -0.1) is 0 Å². The van der Waals surface area contributed by atoms with E-state index in [1.807, 2.05) is 6.07 Å². The minimum atomic E-state index is -3.84. The van der Waals surface area contributed by atoms with Gasteiger partial charge in [-0.3, -0.25) is 8.75 Å². The van der Waals surface area contributed by atoms with Crippen LogP contribution in [0.2, 0.25) is 0 Å². The van der Waals surface area contributed by atoms with Gasteiger partial charge in [-0.2, -0.15) is 8.42 Å². The molecule has 0 heterocycles. The largest absolute Gasteiger partial charge is 0.509 e. The van der Waals surface area contributed by atoms with Gasteiger partial charge in [0.15, 0.2) is 0 Å². The summed E-state index contributed by atoms with van der Waals surface area (Å²) in [6.45, 7) is 14.5. The molecular formula is C38H60NO11PS. The maximum absolute atomic E-state index is 13.5. The number of carbonyl (C=O) groups is 2. The smallest absolute Gasteiger partial charge is 0.444 e.